The van der Waals surface area contributed by atoms with E-state index in [0.29, 0.717) is 16.8 Å². The summed E-state index contributed by atoms with van der Waals surface area (Å²) in [5, 5.41) is 18.7. The predicted molar refractivity (Wildman–Crippen MR) is 138 cm³/mol. The van der Waals surface area contributed by atoms with E-state index in [1.54, 1.807) is 11.7 Å². The fourth-order valence-electron chi connectivity index (χ4n) is 4.63. The minimum absolute atomic E-state index is 0.0385. The van der Waals surface area contributed by atoms with E-state index in [2.05, 4.69) is 0 Å². The number of benzene rings is 2. The van der Waals surface area contributed by atoms with Crippen molar-refractivity contribution in [2.24, 2.45) is 0 Å². The predicted octanol–water partition coefficient (Wildman–Crippen LogP) is 5.68. The lowest BCUT2D eigenvalue weighted by Gasteiger charge is -2.37. The van der Waals surface area contributed by atoms with Gasteiger partial charge in [-0.15, -0.1) is 6.42 Å². The van der Waals surface area contributed by atoms with Crippen molar-refractivity contribution in [1.82, 2.24) is 4.98 Å². The van der Waals surface area contributed by atoms with E-state index in [0.717, 1.165) is 16.7 Å². The highest BCUT2D eigenvalue weighted by Gasteiger charge is 2.61. The Balaban J connectivity index is 2.65. The molecule has 2 aromatic carbocycles. The SMILES string of the molecule is C#CP(=O)(O)C(C(=O)O)(c1c(-c2cc(C)cc(C)c2)cc(-c2ccccc2)nc1C(C)C)C(C)O. The van der Waals surface area contributed by atoms with Crippen molar-refractivity contribution in [3.8, 4) is 34.5 Å². The van der Waals surface area contributed by atoms with Crippen LogP contribution in [0.5, 0.6) is 0 Å². The molecule has 35 heavy (non-hydrogen) atoms. The van der Waals surface area contributed by atoms with Crippen LogP contribution in [0.4, 0.5) is 0 Å². The van der Waals surface area contributed by atoms with Crippen LogP contribution in [0.2, 0.25) is 0 Å². The molecule has 0 saturated heterocycles. The number of aliphatic hydroxyl groups is 1. The molecule has 7 heteroatoms. The van der Waals surface area contributed by atoms with Crippen molar-refractivity contribution in [1.29, 1.82) is 0 Å². The lowest BCUT2D eigenvalue weighted by Crippen LogP contribution is -2.46. The van der Waals surface area contributed by atoms with Crippen LogP contribution in [-0.4, -0.2) is 32.2 Å². The van der Waals surface area contributed by atoms with Gasteiger partial charge in [-0.25, -0.2) is 0 Å². The normalized spacial score (nSPS) is 15.6. The molecule has 1 heterocycles. The molecule has 0 radical (unpaired) electrons. The summed E-state index contributed by atoms with van der Waals surface area (Å²) in [5.41, 5.74) is 6.31. The number of aliphatic hydroxyl groups excluding tert-OH is 1. The van der Waals surface area contributed by atoms with Gasteiger partial charge in [-0.1, -0.05) is 73.5 Å². The summed E-state index contributed by atoms with van der Waals surface area (Å²) in [6.07, 6.45) is 3.64. The molecular weight excluding hydrogens is 461 g/mol. The number of carbonyl (C=O) groups is 1. The maximum atomic E-state index is 13.5. The molecule has 0 bridgehead atoms. The molecular formula is C28H30NO5P. The zero-order valence-electron chi connectivity index (χ0n) is 20.5. The lowest BCUT2D eigenvalue weighted by atomic mass is 9.81. The van der Waals surface area contributed by atoms with Gasteiger partial charge in [0.25, 0.3) is 7.37 Å². The maximum absolute atomic E-state index is 13.5. The number of pyridine rings is 1. The van der Waals surface area contributed by atoms with Gasteiger partial charge < -0.3 is 15.1 Å². The summed E-state index contributed by atoms with van der Waals surface area (Å²) in [6.45, 7) is 8.64. The van der Waals surface area contributed by atoms with Crippen molar-refractivity contribution >= 4 is 13.3 Å². The Kier molecular flexibility index (Phi) is 7.38. The number of nitrogens with zero attached hydrogens (tertiary/aromatic N) is 1. The van der Waals surface area contributed by atoms with Crippen LogP contribution in [0.15, 0.2) is 54.6 Å². The quantitative estimate of drug-likeness (QED) is 0.290. The number of aliphatic carboxylic acids is 1. The standard InChI is InChI=1S/C28H30NO5P/c1-7-35(33,34)28(20(6)30,27(31)32)25-23(22-14-18(4)13-19(5)15-22)16-24(29-26(25)17(2)3)21-11-9-8-10-12-21/h1,8-17,20,30H,2-6H3,(H,31,32)(H,33,34). The summed E-state index contributed by atoms with van der Waals surface area (Å²) < 4.78 is 13.5. The largest absolute Gasteiger partial charge is 0.480 e. The summed E-state index contributed by atoms with van der Waals surface area (Å²) in [6, 6.07) is 16.8. The Morgan fingerprint density at radius 3 is 2.06 bits per heavy atom. The molecule has 182 valence electrons. The Morgan fingerprint density at radius 2 is 1.60 bits per heavy atom. The molecule has 0 aliphatic heterocycles. The summed E-state index contributed by atoms with van der Waals surface area (Å²) in [7, 11) is -4.94. The smallest absolute Gasteiger partial charge is 0.327 e. The molecule has 1 aromatic heterocycles. The van der Waals surface area contributed by atoms with Gasteiger partial charge in [0.2, 0.25) is 5.16 Å². The molecule has 3 rings (SSSR count). The van der Waals surface area contributed by atoms with Gasteiger partial charge in [-0.2, -0.15) is 0 Å². The molecule has 0 fully saturated rings. The van der Waals surface area contributed by atoms with Gasteiger partial charge in [0, 0.05) is 16.8 Å². The molecule has 0 spiro atoms. The molecule has 0 aliphatic rings. The summed E-state index contributed by atoms with van der Waals surface area (Å²) in [4.78, 5) is 28.6. The van der Waals surface area contributed by atoms with E-state index < -0.39 is 24.6 Å². The van der Waals surface area contributed by atoms with Crippen LogP contribution in [0.1, 0.15) is 49.1 Å². The minimum Gasteiger partial charge on any atom is -0.480 e. The van der Waals surface area contributed by atoms with Crippen LogP contribution < -0.4 is 0 Å². The van der Waals surface area contributed by atoms with Gasteiger partial charge in [-0.3, -0.25) is 14.3 Å². The first kappa shape index (κ1) is 26.4. The van der Waals surface area contributed by atoms with Crippen LogP contribution >= 0.6 is 7.37 Å². The third kappa shape index (κ3) is 4.56. The zero-order chi connectivity index (χ0) is 26.1. The van der Waals surface area contributed by atoms with Crippen LogP contribution in [0.3, 0.4) is 0 Å². The fourth-order valence-corrected chi connectivity index (χ4v) is 6.14. The summed E-state index contributed by atoms with van der Waals surface area (Å²) >= 11 is 0. The monoisotopic (exact) mass is 491 g/mol. The first-order chi connectivity index (χ1) is 16.4. The second-order valence-corrected chi connectivity index (χ2v) is 11.3. The topological polar surface area (TPSA) is 108 Å². The number of carboxylic acids is 1. The Hall–Kier alpha value is -3.23. The average Bonchev–Trinajstić information content (AvgIpc) is 2.78. The number of hydrogen-bond donors (Lipinski definition) is 3. The third-order valence-corrected chi connectivity index (χ3v) is 8.26. The molecule has 3 atom stereocenters. The first-order valence-electron chi connectivity index (χ1n) is 11.3. The van der Waals surface area contributed by atoms with E-state index in [-0.39, 0.29) is 17.2 Å². The Morgan fingerprint density at radius 1 is 1.03 bits per heavy atom. The van der Waals surface area contributed by atoms with Gasteiger partial charge in [-0.05, 0) is 49.5 Å². The van der Waals surface area contributed by atoms with Crippen molar-refractivity contribution in [2.75, 3.05) is 0 Å². The number of rotatable bonds is 7. The second-order valence-electron chi connectivity index (χ2n) is 9.17. The molecule has 3 aromatic rings. The first-order valence-corrected chi connectivity index (χ1v) is 12.9. The van der Waals surface area contributed by atoms with E-state index in [1.807, 2.05) is 76.2 Å². The van der Waals surface area contributed by atoms with Crippen molar-refractivity contribution in [3.05, 3.63) is 77.0 Å². The molecule has 3 N–H and O–H groups in total. The van der Waals surface area contributed by atoms with Crippen LogP contribution in [-0.2, 0) is 14.5 Å². The van der Waals surface area contributed by atoms with E-state index in [9.17, 15) is 24.5 Å². The van der Waals surface area contributed by atoms with Gasteiger partial charge in [0.05, 0.1) is 11.8 Å². The molecule has 3 unspecified atom stereocenters. The lowest BCUT2D eigenvalue weighted by molar-refractivity contribution is -0.143. The Labute approximate surface area is 206 Å². The molecule has 0 amide bonds. The zero-order valence-corrected chi connectivity index (χ0v) is 21.4. The third-order valence-electron chi connectivity index (χ3n) is 6.16. The Bertz CT molecular complexity index is 1340. The van der Waals surface area contributed by atoms with Gasteiger partial charge in [0.15, 0.2) is 0 Å². The number of aromatic nitrogens is 1. The molecule has 0 aliphatic carbocycles. The highest BCUT2D eigenvalue weighted by Crippen LogP contribution is 2.64. The fraction of sp³-hybridized carbons (Fsp3) is 0.286. The second kappa shape index (κ2) is 9.79. The number of carboxylic acid groups (broad SMARTS) is 1. The van der Waals surface area contributed by atoms with E-state index in [4.69, 9.17) is 11.4 Å². The van der Waals surface area contributed by atoms with Crippen molar-refractivity contribution in [2.45, 2.75) is 51.8 Å². The van der Waals surface area contributed by atoms with Gasteiger partial charge >= 0.3 is 5.97 Å². The maximum Gasteiger partial charge on any atom is 0.327 e. The van der Waals surface area contributed by atoms with Gasteiger partial charge in [0.1, 0.15) is 0 Å². The van der Waals surface area contributed by atoms with E-state index >= 15 is 0 Å². The minimum atomic E-state index is -4.94. The summed E-state index contributed by atoms with van der Waals surface area (Å²) in [5.74, 6) is -2.04. The average molecular weight is 492 g/mol. The van der Waals surface area contributed by atoms with Crippen molar-refractivity contribution in [3.63, 3.8) is 0 Å². The van der Waals surface area contributed by atoms with E-state index in [1.165, 1.54) is 6.92 Å². The number of terminal acetylenes is 1. The van der Waals surface area contributed by atoms with Crippen LogP contribution in [0.25, 0.3) is 22.4 Å². The number of aryl methyl sites for hydroxylation is 2. The highest BCUT2D eigenvalue weighted by atomic mass is 31.2. The number of hydrogen-bond acceptors (Lipinski definition) is 4. The molecule has 6 nitrogen and oxygen atoms in total. The molecule has 0 saturated carbocycles. The van der Waals surface area contributed by atoms with Crippen molar-refractivity contribution < 1.29 is 24.5 Å². The van der Waals surface area contributed by atoms with Crippen LogP contribution in [0, 0.1) is 25.9 Å². The highest BCUT2D eigenvalue weighted by molar-refractivity contribution is 7.65.